The van der Waals surface area contributed by atoms with Crippen LogP contribution in [0.3, 0.4) is 0 Å². The maximum absolute atomic E-state index is 12.2. The molecule has 0 aliphatic heterocycles. The minimum Gasteiger partial charge on any atom is -0.396 e. The van der Waals surface area contributed by atoms with Gasteiger partial charge in [-0.2, -0.15) is 0 Å². The van der Waals surface area contributed by atoms with Crippen LogP contribution in [0.5, 0.6) is 0 Å². The van der Waals surface area contributed by atoms with E-state index in [1.807, 2.05) is 30.4 Å². The number of rotatable bonds is 6. The SMILES string of the molecule is CN(C)CCn1ccc2cc(NC(=O)N[C@@H]3C=C[C@H](CO)C3)ccc21. The van der Waals surface area contributed by atoms with Crippen LogP contribution in [0.25, 0.3) is 10.9 Å². The molecule has 2 aromatic rings. The highest BCUT2D eigenvalue weighted by Crippen LogP contribution is 2.21. The predicted octanol–water partition coefficient (Wildman–Crippen LogP) is 2.26. The molecule has 3 N–H and O–H groups in total. The van der Waals surface area contributed by atoms with Gasteiger partial charge in [0.1, 0.15) is 0 Å². The number of urea groups is 1. The second kappa shape index (κ2) is 7.72. The number of amides is 2. The van der Waals surface area contributed by atoms with Gasteiger partial charge in [0.05, 0.1) is 0 Å². The summed E-state index contributed by atoms with van der Waals surface area (Å²) in [6, 6.07) is 7.78. The molecule has 2 atom stereocenters. The average Bonchev–Trinajstić information content (AvgIpc) is 3.19. The van der Waals surface area contributed by atoms with Gasteiger partial charge in [0.25, 0.3) is 0 Å². The van der Waals surface area contributed by atoms with Crippen molar-refractivity contribution in [3.63, 3.8) is 0 Å². The number of anilines is 1. The normalized spacial score (nSPS) is 19.7. The molecule has 1 heterocycles. The van der Waals surface area contributed by atoms with Gasteiger partial charge in [-0.3, -0.25) is 0 Å². The van der Waals surface area contributed by atoms with E-state index in [0.29, 0.717) is 0 Å². The van der Waals surface area contributed by atoms with E-state index in [2.05, 4.69) is 46.5 Å². The quantitative estimate of drug-likeness (QED) is 0.705. The molecular weight excluding hydrogens is 316 g/mol. The van der Waals surface area contributed by atoms with Gasteiger partial charge in [0.2, 0.25) is 0 Å². The van der Waals surface area contributed by atoms with Gasteiger partial charge < -0.3 is 25.2 Å². The molecule has 134 valence electrons. The molecule has 25 heavy (non-hydrogen) atoms. The highest BCUT2D eigenvalue weighted by atomic mass is 16.3. The van der Waals surface area contributed by atoms with E-state index in [1.165, 1.54) is 0 Å². The van der Waals surface area contributed by atoms with Crippen LogP contribution in [0.4, 0.5) is 10.5 Å². The maximum Gasteiger partial charge on any atom is 0.319 e. The second-order valence-corrected chi connectivity index (χ2v) is 6.85. The first-order valence-electron chi connectivity index (χ1n) is 8.65. The maximum atomic E-state index is 12.2. The van der Waals surface area contributed by atoms with Crippen LogP contribution in [-0.4, -0.2) is 53.9 Å². The Balaban J connectivity index is 1.60. The number of nitrogens with zero attached hydrogens (tertiary/aromatic N) is 2. The molecule has 0 radical (unpaired) electrons. The van der Waals surface area contributed by atoms with Crippen molar-refractivity contribution in [2.24, 2.45) is 5.92 Å². The molecule has 0 saturated heterocycles. The fraction of sp³-hybridized carbons (Fsp3) is 0.421. The van der Waals surface area contributed by atoms with E-state index >= 15 is 0 Å². The van der Waals surface area contributed by atoms with E-state index in [1.54, 1.807) is 0 Å². The van der Waals surface area contributed by atoms with Crippen molar-refractivity contribution in [1.29, 1.82) is 0 Å². The lowest BCUT2D eigenvalue weighted by Gasteiger charge is -2.14. The molecule has 0 unspecified atom stereocenters. The summed E-state index contributed by atoms with van der Waals surface area (Å²) in [6.07, 6.45) is 6.72. The lowest BCUT2D eigenvalue weighted by atomic mass is 10.1. The van der Waals surface area contributed by atoms with Gasteiger partial charge in [-0.05, 0) is 44.8 Å². The number of carbonyl (C=O) groups excluding carboxylic acids is 1. The number of likely N-dealkylation sites (N-methyl/N-ethyl adjacent to an activating group) is 1. The molecule has 3 rings (SSSR count). The molecule has 0 saturated carbocycles. The number of nitrogens with one attached hydrogen (secondary N) is 2. The van der Waals surface area contributed by atoms with E-state index < -0.39 is 0 Å². The molecule has 2 amide bonds. The number of aliphatic hydroxyl groups is 1. The molecule has 0 spiro atoms. The topological polar surface area (TPSA) is 69.5 Å². The predicted molar refractivity (Wildman–Crippen MR) is 101 cm³/mol. The summed E-state index contributed by atoms with van der Waals surface area (Å²) in [4.78, 5) is 14.3. The molecule has 1 aliphatic carbocycles. The van der Waals surface area contributed by atoms with Crippen molar-refractivity contribution in [3.8, 4) is 0 Å². The Morgan fingerprint density at radius 1 is 1.32 bits per heavy atom. The standard InChI is InChI=1S/C19H26N4O2/c1-22(2)9-10-23-8-7-15-12-17(5-6-18(15)23)21-19(25)20-16-4-3-14(11-16)13-24/h3-8,12,14,16,24H,9-11,13H2,1-2H3,(H2,20,21,25)/t14-,16+/m0/s1. The van der Waals surface area contributed by atoms with Crippen LogP contribution in [0.2, 0.25) is 0 Å². The number of aliphatic hydroxyl groups excluding tert-OH is 1. The van der Waals surface area contributed by atoms with E-state index in [9.17, 15) is 4.79 Å². The molecule has 0 fully saturated rings. The van der Waals surface area contributed by atoms with Gasteiger partial charge in [-0.1, -0.05) is 12.2 Å². The summed E-state index contributed by atoms with van der Waals surface area (Å²) in [6.45, 7) is 2.04. The summed E-state index contributed by atoms with van der Waals surface area (Å²) < 4.78 is 2.22. The summed E-state index contributed by atoms with van der Waals surface area (Å²) in [5, 5.41) is 16.1. The van der Waals surface area contributed by atoms with Crippen LogP contribution < -0.4 is 10.6 Å². The Hall–Kier alpha value is -2.31. The number of hydrogen-bond donors (Lipinski definition) is 3. The molecule has 1 aromatic heterocycles. The van der Waals surface area contributed by atoms with Crippen molar-refractivity contribution >= 4 is 22.6 Å². The molecule has 6 heteroatoms. The summed E-state index contributed by atoms with van der Waals surface area (Å²) in [5.41, 5.74) is 1.94. The number of benzene rings is 1. The average molecular weight is 342 g/mol. The smallest absolute Gasteiger partial charge is 0.319 e. The number of carbonyl (C=O) groups is 1. The third-order valence-electron chi connectivity index (χ3n) is 4.54. The third kappa shape index (κ3) is 4.41. The van der Waals surface area contributed by atoms with Gasteiger partial charge in [-0.25, -0.2) is 4.79 Å². The number of aromatic nitrogens is 1. The van der Waals surface area contributed by atoms with Crippen LogP contribution in [-0.2, 0) is 6.54 Å². The van der Waals surface area contributed by atoms with E-state index in [4.69, 9.17) is 5.11 Å². The van der Waals surface area contributed by atoms with Crippen LogP contribution in [0, 0.1) is 5.92 Å². The summed E-state index contributed by atoms with van der Waals surface area (Å²) >= 11 is 0. The monoisotopic (exact) mass is 342 g/mol. The molecule has 6 nitrogen and oxygen atoms in total. The number of fused-ring (bicyclic) bond motifs is 1. The van der Waals surface area contributed by atoms with Crippen LogP contribution >= 0.6 is 0 Å². The van der Waals surface area contributed by atoms with Gasteiger partial charge in [0, 0.05) is 54.4 Å². The lowest BCUT2D eigenvalue weighted by molar-refractivity contribution is 0.238. The molecule has 0 bridgehead atoms. The lowest BCUT2D eigenvalue weighted by Crippen LogP contribution is -2.36. The Morgan fingerprint density at radius 3 is 2.88 bits per heavy atom. The first-order chi connectivity index (χ1) is 12.0. The highest BCUT2D eigenvalue weighted by molar-refractivity contribution is 5.93. The zero-order chi connectivity index (χ0) is 17.8. The van der Waals surface area contributed by atoms with E-state index in [-0.39, 0.29) is 24.6 Å². The first-order valence-corrected chi connectivity index (χ1v) is 8.65. The van der Waals surface area contributed by atoms with Crippen LogP contribution in [0.15, 0.2) is 42.6 Å². The zero-order valence-corrected chi connectivity index (χ0v) is 14.8. The Bertz CT molecular complexity index is 766. The molecule has 1 aromatic carbocycles. The third-order valence-corrected chi connectivity index (χ3v) is 4.54. The second-order valence-electron chi connectivity index (χ2n) is 6.85. The number of hydrogen-bond acceptors (Lipinski definition) is 3. The first kappa shape index (κ1) is 17.5. The van der Waals surface area contributed by atoms with Crippen molar-refractivity contribution in [2.45, 2.75) is 19.0 Å². The van der Waals surface area contributed by atoms with Crippen molar-refractivity contribution in [3.05, 3.63) is 42.6 Å². The van der Waals surface area contributed by atoms with Crippen molar-refractivity contribution in [1.82, 2.24) is 14.8 Å². The van der Waals surface area contributed by atoms with Crippen molar-refractivity contribution in [2.75, 3.05) is 32.6 Å². The van der Waals surface area contributed by atoms with Crippen molar-refractivity contribution < 1.29 is 9.90 Å². The Labute approximate surface area is 148 Å². The summed E-state index contributed by atoms with van der Waals surface area (Å²) in [7, 11) is 4.13. The van der Waals surface area contributed by atoms with Gasteiger partial charge in [0.15, 0.2) is 0 Å². The Morgan fingerprint density at radius 2 is 2.16 bits per heavy atom. The molecule has 1 aliphatic rings. The summed E-state index contributed by atoms with van der Waals surface area (Å²) in [5.74, 6) is 0.142. The largest absolute Gasteiger partial charge is 0.396 e. The van der Waals surface area contributed by atoms with Gasteiger partial charge >= 0.3 is 6.03 Å². The highest BCUT2D eigenvalue weighted by Gasteiger charge is 2.19. The Kier molecular flexibility index (Phi) is 5.40. The minimum atomic E-state index is -0.223. The molecular formula is C19H26N4O2. The zero-order valence-electron chi connectivity index (χ0n) is 14.8. The fourth-order valence-electron chi connectivity index (χ4n) is 3.13. The van der Waals surface area contributed by atoms with E-state index in [0.717, 1.165) is 36.1 Å². The fourth-order valence-corrected chi connectivity index (χ4v) is 3.13. The van der Waals surface area contributed by atoms with Gasteiger partial charge in [-0.15, -0.1) is 0 Å². The van der Waals surface area contributed by atoms with Crippen LogP contribution in [0.1, 0.15) is 6.42 Å². The minimum absolute atomic E-state index is 0.0204.